The molecule has 0 aliphatic carbocycles. The van der Waals surface area contributed by atoms with Crippen molar-refractivity contribution in [2.24, 2.45) is 0 Å². The summed E-state index contributed by atoms with van der Waals surface area (Å²) in [7, 11) is -4.86. The van der Waals surface area contributed by atoms with E-state index in [9.17, 15) is 22.8 Å². The van der Waals surface area contributed by atoms with Gasteiger partial charge >= 0.3 is 16.4 Å². The Hall–Kier alpha value is -2.82. The number of carbonyl (C=O) groups excluding carboxylic acids is 3. The molecule has 0 spiro atoms. The number of amides is 4. The van der Waals surface area contributed by atoms with Crippen molar-refractivity contribution in [2.45, 2.75) is 43.4 Å². The molecule has 0 aromatic carbocycles. The van der Waals surface area contributed by atoms with E-state index in [0.717, 1.165) is 4.90 Å². The molecule has 3 aliphatic heterocycles. The number of nitrogens with zero attached hydrogens (tertiary/aromatic N) is 5. The molecule has 30 heavy (non-hydrogen) atoms. The molecule has 3 aliphatic rings. The summed E-state index contributed by atoms with van der Waals surface area (Å²) < 4.78 is 36.6. The summed E-state index contributed by atoms with van der Waals surface area (Å²) in [6.07, 6.45) is 3.95. The molecule has 3 saturated heterocycles. The van der Waals surface area contributed by atoms with Crippen LogP contribution < -0.4 is 16.2 Å². The highest BCUT2D eigenvalue weighted by Gasteiger charge is 2.49. The summed E-state index contributed by atoms with van der Waals surface area (Å²) in [6, 6.07) is -2.94. The summed E-state index contributed by atoms with van der Waals surface area (Å²) in [6.45, 7) is 0.579. The zero-order chi connectivity index (χ0) is 21.5. The van der Waals surface area contributed by atoms with E-state index in [1.807, 2.05) is 0 Å². The molecule has 4 N–H and O–H groups in total. The average Bonchev–Trinajstić information content (AvgIpc) is 3.43. The molecule has 4 atom stereocenters. The fourth-order valence-electron chi connectivity index (χ4n) is 3.92. The Morgan fingerprint density at radius 3 is 2.70 bits per heavy atom. The van der Waals surface area contributed by atoms with E-state index >= 15 is 0 Å². The van der Waals surface area contributed by atoms with Crippen LogP contribution in [0.5, 0.6) is 0 Å². The first-order valence-corrected chi connectivity index (χ1v) is 10.5. The van der Waals surface area contributed by atoms with Crippen molar-refractivity contribution in [3.8, 4) is 0 Å². The van der Waals surface area contributed by atoms with Crippen molar-refractivity contribution in [2.75, 3.05) is 13.1 Å². The van der Waals surface area contributed by atoms with E-state index in [1.165, 1.54) is 6.33 Å². The van der Waals surface area contributed by atoms with Gasteiger partial charge in [-0.3, -0.25) is 25.0 Å². The summed E-state index contributed by atoms with van der Waals surface area (Å²) in [4.78, 5) is 42.2. The van der Waals surface area contributed by atoms with Gasteiger partial charge in [0, 0.05) is 13.1 Å². The van der Waals surface area contributed by atoms with Crippen LogP contribution in [0.4, 0.5) is 4.79 Å². The maximum absolute atomic E-state index is 12.5. The van der Waals surface area contributed by atoms with Crippen LogP contribution in [0, 0.1) is 0 Å². The number of hydrogen-bond donors (Lipinski definition) is 4. The lowest BCUT2D eigenvalue weighted by Crippen LogP contribution is -2.56. The second kappa shape index (κ2) is 7.78. The number of nitrogens with one attached hydrogen (secondary N) is 3. The zero-order valence-electron chi connectivity index (χ0n) is 15.5. The molecule has 0 unspecified atom stereocenters. The minimum absolute atomic E-state index is 0.0368. The Kier molecular flexibility index (Phi) is 5.31. The predicted molar refractivity (Wildman–Crippen MR) is 95.1 cm³/mol. The normalized spacial score (nSPS) is 28.6. The Labute approximate surface area is 170 Å². The number of carbonyl (C=O) groups is 3. The van der Waals surface area contributed by atoms with Crippen LogP contribution in [0.25, 0.3) is 0 Å². The lowest BCUT2D eigenvalue weighted by molar-refractivity contribution is -0.132. The van der Waals surface area contributed by atoms with Crippen LogP contribution in [-0.2, 0) is 24.3 Å². The first-order valence-electron chi connectivity index (χ1n) is 9.17. The van der Waals surface area contributed by atoms with E-state index in [-0.39, 0.29) is 25.4 Å². The Morgan fingerprint density at radius 1 is 1.23 bits per heavy atom. The standard InChI is InChI=1S/C14H20N8O7S/c23-12(10-3-9(4-16-10)21-7-15-6-17-21)18-19-13(24)11-2-1-8-5-20(11)14(25)22(8)29-30(26,27)28/h6-11,16H,1-5H2,(H,18,23)(H,19,24)(H,26,27,28)/t8-,9-,10-,11-/m0/s1. The number of hydrogen-bond acceptors (Lipinski definition) is 9. The van der Waals surface area contributed by atoms with E-state index in [4.69, 9.17) is 4.55 Å². The number of hydrazine groups is 1. The number of fused-ring (bicyclic) bond motifs is 2. The summed E-state index contributed by atoms with van der Waals surface area (Å²) in [5, 5.41) is 7.63. The molecule has 3 fully saturated rings. The van der Waals surface area contributed by atoms with Gasteiger partial charge in [0.25, 0.3) is 11.8 Å². The highest BCUT2D eigenvalue weighted by Crippen LogP contribution is 2.30. The van der Waals surface area contributed by atoms with Crippen molar-refractivity contribution >= 4 is 28.2 Å². The highest BCUT2D eigenvalue weighted by atomic mass is 32.3. The zero-order valence-corrected chi connectivity index (χ0v) is 16.4. The Balaban J connectivity index is 1.29. The van der Waals surface area contributed by atoms with Crippen LogP contribution in [-0.4, -0.2) is 86.8 Å². The molecule has 0 radical (unpaired) electrons. The minimum Gasteiger partial charge on any atom is -0.309 e. The van der Waals surface area contributed by atoms with Gasteiger partial charge < -0.3 is 10.2 Å². The molecule has 4 rings (SSSR count). The van der Waals surface area contributed by atoms with Gasteiger partial charge in [0.05, 0.1) is 18.1 Å². The molecule has 4 heterocycles. The molecule has 0 saturated carbocycles. The molecule has 16 heteroatoms. The van der Waals surface area contributed by atoms with Crippen molar-refractivity contribution in [3.05, 3.63) is 12.7 Å². The Morgan fingerprint density at radius 2 is 2.00 bits per heavy atom. The quantitative estimate of drug-likeness (QED) is 0.275. The first-order chi connectivity index (χ1) is 14.2. The number of aromatic nitrogens is 3. The van der Waals surface area contributed by atoms with E-state index in [2.05, 4.69) is 30.5 Å². The molecule has 1 aromatic heterocycles. The topological polar surface area (TPSA) is 188 Å². The highest BCUT2D eigenvalue weighted by molar-refractivity contribution is 7.80. The molecular formula is C14H20N8O7S. The van der Waals surface area contributed by atoms with Gasteiger partial charge in [0.1, 0.15) is 18.7 Å². The minimum atomic E-state index is -4.86. The lowest BCUT2D eigenvalue weighted by Gasteiger charge is -2.29. The van der Waals surface area contributed by atoms with Crippen LogP contribution >= 0.6 is 0 Å². The molecule has 164 valence electrons. The van der Waals surface area contributed by atoms with Gasteiger partial charge in [-0.25, -0.2) is 14.5 Å². The van der Waals surface area contributed by atoms with Crippen LogP contribution in [0.1, 0.15) is 25.3 Å². The second-order valence-corrected chi connectivity index (χ2v) is 8.22. The van der Waals surface area contributed by atoms with Gasteiger partial charge in [0.2, 0.25) is 0 Å². The van der Waals surface area contributed by atoms with Crippen molar-refractivity contribution < 1.29 is 31.6 Å². The molecule has 15 nitrogen and oxygen atoms in total. The van der Waals surface area contributed by atoms with Crippen molar-refractivity contribution in [1.29, 1.82) is 0 Å². The van der Waals surface area contributed by atoms with Gasteiger partial charge in [-0.05, 0) is 19.3 Å². The van der Waals surface area contributed by atoms with Gasteiger partial charge in [0.15, 0.2) is 0 Å². The summed E-state index contributed by atoms with van der Waals surface area (Å²) in [5.74, 6) is -1.06. The molecule has 2 bridgehead atoms. The van der Waals surface area contributed by atoms with Gasteiger partial charge in [-0.2, -0.15) is 18.6 Å². The third-order valence-corrected chi connectivity index (χ3v) is 5.69. The third kappa shape index (κ3) is 4.07. The second-order valence-electron chi connectivity index (χ2n) is 7.21. The van der Waals surface area contributed by atoms with Gasteiger partial charge in [-0.15, -0.1) is 4.28 Å². The summed E-state index contributed by atoms with van der Waals surface area (Å²) >= 11 is 0. The summed E-state index contributed by atoms with van der Waals surface area (Å²) in [5.41, 5.74) is 4.66. The average molecular weight is 444 g/mol. The number of urea groups is 1. The SMILES string of the molecule is O=C(NNC(=O)[C@@H]1CC[C@H]2CN1C(=O)N2OS(=O)(=O)O)[C@@H]1C[C@H](n2cncn2)CN1. The predicted octanol–water partition coefficient (Wildman–Crippen LogP) is -2.67. The smallest absolute Gasteiger partial charge is 0.309 e. The lowest BCUT2D eigenvalue weighted by atomic mass is 10.0. The number of hydroxylamine groups is 2. The number of piperidine rings is 1. The van der Waals surface area contributed by atoms with Crippen molar-refractivity contribution in [3.63, 3.8) is 0 Å². The first kappa shape index (κ1) is 20.5. The molecule has 1 aromatic rings. The van der Waals surface area contributed by atoms with E-state index < -0.39 is 46.4 Å². The van der Waals surface area contributed by atoms with Gasteiger partial charge in [-0.1, -0.05) is 0 Å². The van der Waals surface area contributed by atoms with Crippen LogP contribution in [0.15, 0.2) is 12.7 Å². The molecule has 4 amide bonds. The van der Waals surface area contributed by atoms with Crippen LogP contribution in [0.2, 0.25) is 0 Å². The fraction of sp³-hybridized carbons (Fsp3) is 0.643. The molecular weight excluding hydrogens is 424 g/mol. The maximum atomic E-state index is 12.5. The van der Waals surface area contributed by atoms with Crippen LogP contribution in [0.3, 0.4) is 0 Å². The monoisotopic (exact) mass is 444 g/mol. The van der Waals surface area contributed by atoms with E-state index in [1.54, 1.807) is 11.0 Å². The van der Waals surface area contributed by atoms with E-state index in [0.29, 0.717) is 18.0 Å². The largest absolute Gasteiger partial charge is 0.418 e. The number of rotatable bonds is 5. The third-order valence-electron chi connectivity index (χ3n) is 5.34. The fourth-order valence-corrected chi connectivity index (χ4v) is 4.31. The maximum Gasteiger partial charge on any atom is 0.418 e. The van der Waals surface area contributed by atoms with Crippen molar-refractivity contribution in [1.82, 2.24) is 40.9 Å². The Bertz CT molecular complexity index is 938.